The highest BCUT2D eigenvalue weighted by atomic mass is 32.1. The van der Waals surface area contributed by atoms with Gasteiger partial charge in [0.2, 0.25) is 0 Å². The highest BCUT2D eigenvalue weighted by molar-refractivity contribution is 7.12. The monoisotopic (exact) mass is 280 g/mol. The van der Waals surface area contributed by atoms with Gasteiger partial charge in [-0.3, -0.25) is 4.90 Å². The van der Waals surface area contributed by atoms with Crippen LogP contribution in [-0.2, 0) is 5.41 Å². The van der Waals surface area contributed by atoms with Gasteiger partial charge in [0.1, 0.15) is 0 Å². The lowest BCUT2D eigenvalue weighted by atomic mass is 9.95. The van der Waals surface area contributed by atoms with E-state index in [1.807, 2.05) is 11.3 Å². The third-order valence-corrected chi connectivity index (χ3v) is 5.82. The van der Waals surface area contributed by atoms with Gasteiger partial charge in [0.25, 0.3) is 0 Å². The molecule has 0 radical (unpaired) electrons. The average Bonchev–Trinajstić information content (AvgIpc) is 2.97. The minimum Gasteiger partial charge on any atom is -0.329 e. The first-order chi connectivity index (χ1) is 8.97. The molecule has 1 fully saturated rings. The Morgan fingerprint density at radius 2 is 2.16 bits per heavy atom. The van der Waals surface area contributed by atoms with Gasteiger partial charge in [-0.05, 0) is 43.4 Å². The van der Waals surface area contributed by atoms with Crippen LogP contribution in [-0.4, -0.2) is 24.0 Å². The molecule has 2 N–H and O–H groups in total. The van der Waals surface area contributed by atoms with Gasteiger partial charge >= 0.3 is 0 Å². The molecule has 0 aliphatic carbocycles. The number of rotatable bonds is 4. The summed E-state index contributed by atoms with van der Waals surface area (Å²) in [5.74, 6) is 0. The van der Waals surface area contributed by atoms with E-state index in [4.69, 9.17) is 5.73 Å². The van der Waals surface area contributed by atoms with Gasteiger partial charge in [-0.1, -0.05) is 27.7 Å². The normalized spacial score (nSPS) is 22.9. The van der Waals surface area contributed by atoms with E-state index in [0.717, 1.165) is 12.6 Å². The number of hydrogen-bond acceptors (Lipinski definition) is 3. The van der Waals surface area contributed by atoms with E-state index in [2.05, 4.69) is 44.7 Å². The van der Waals surface area contributed by atoms with E-state index in [9.17, 15) is 0 Å². The summed E-state index contributed by atoms with van der Waals surface area (Å²) >= 11 is 1.95. The van der Waals surface area contributed by atoms with Crippen LogP contribution in [0.4, 0.5) is 0 Å². The Morgan fingerprint density at radius 1 is 1.42 bits per heavy atom. The Bertz CT molecular complexity index is 405. The zero-order valence-electron chi connectivity index (χ0n) is 12.8. The molecule has 0 amide bonds. The van der Waals surface area contributed by atoms with Gasteiger partial charge < -0.3 is 5.73 Å². The van der Waals surface area contributed by atoms with E-state index in [-0.39, 0.29) is 5.41 Å². The molecule has 2 heterocycles. The van der Waals surface area contributed by atoms with Gasteiger partial charge in [0.15, 0.2) is 0 Å². The molecule has 1 aromatic rings. The maximum Gasteiger partial charge on any atom is 0.0566 e. The third-order valence-electron chi connectivity index (χ3n) is 4.21. The maximum absolute atomic E-state index is 6.08. The summed E-state index contributed by atoms with van der Waals surface area (Å²) in [5, 5.41) is 0. The first-order valence-corrected chi connectivity index (χ1v) is 8.35. The SMILES string of the molecule is CCC1CCCN1C(CN)c1ccc(C(C)(C)C)s1. The smallest absolute Gasteiger partial charge is 0.0566 e. The zero-order chi connectivity index (χ0) is 14.0. The predicted molar refractivity (Wildman–Crippen MR) is 84.8 cm³/mol. The molecular weight excluding hydrogens is 252 g/mol. The molecule has 0 saturated carbocycles. The molecule has 2 nitrogen and oxygen atoms in total. The molecule has 19 heavy (non-hydrogen) atoms. The van der Waals surface area contributed by atoms with Crippen molar-refractivity contribution in [3.63, 3.8) is 0 Å². The van der Waals surface area contributed by atoms with Crippen LogP contribution in [0.1, 0.15) is 62.8 Å². The highest BCUT2D eigenvalue weighted by Crippen LogP contribution is 2.37. The van der Waals surface area contributed by atoms with Crippen molar-refractivity contribution in [3.8, 4) is 0 Å². The van der Waals surface area contributed by atoms with Gasteiger partial charge in [-0.2, -0.15) is 0 Å². The molecule has 0 aromatic carbocycles. The lowest BCUT2D eigenvalue weighted by Gasteiger charge is -2.31. The van der Waals surface area contributed by atoms with Crippen molar-refractivity contribution in [2.45, 2.75) is 64.5 Å². The van der Waals surface area contributed by atoms with Crippen LogP contribution in [0.3, 0.4) is 0 Å². The van der Waals surface area contributed by atoms with Crippen LogP contribution in [0.2, 0.25) is 0 Å². The fraction of sp³-hybridized carbons (Fsp3) is 0.750. The van der Waals surface area contributed by atoms with E-state index < -0.39 is 0 Å². The molecule has 3 heteroatoms. The second kappa shape index (κ2) is 5.94. The lowest BCUT2D eigenvalue weighted by Crippen LogP contribution is -2.36. The van der Waals surface area contributed by atoms with E-state index in [1.165, 1.54) is 35.6 Å². The summed E-state index contributed by atoms with van der Waals surface area (Å²) in [6, 6.07) is 5.75. The quantitative estimate of drug-likeness (QED) is 0.905. The molecule has 0 spiro atoms. The second-order valence-corrected chi connectivity index (χ2v) is 7.76. The summed E-state index contributed by atoms with van der Waals surface area (Å²) in [6.45, 7) is 11.1. The third kappa shape index (κ3) is 3.21. The Hall–Kier alpha value is -0.380. The Labute approximate surface area is 122 Å². The molecule has 1 aliphatic heterocycles. The van der Waals surface area contributed by atoms with Crippen molar-refractivity contribution in [2.75, 3.05) is 13.1 Å². The molecule has 2 unspecified atom stereocenters. The molecule has 1 aromatic heterocycles. The number of hydrogen-bond donors (Lipinski definition) is 1. The molecule has 108 valence electrons. The first kappa shape index (κ1) is 15.0. The minimum absolute atomic E-state index is 0.247. The largest absolute Gasteiger partial charge is 0.329 e. The molecular formula is C16H28N2S. The topological polar surface area (TPSA) is 29.3 Å². The fourth-order valence-corrected chi connectivity index (χ4v) is 4.26. The molecule has 1 aliphatic rings. The van der Waals surface area contributed by atoms with Crippen LogP contribution >= 0.6 is 11.3 Å². The molecule has 2 rings (SSSR count). The van der Waals surface area contributed by atoms with Crippen molar-refractivity contribution in [1.29, 1.82) is 0 Å². The van der Waals surface area contributed by atoms with Gasteiger partial charge in [-0.25, -0.2) is 0 Å². The number of likely N-dealkylation sites (tertiary alicyclic amines) is 1. The summed E-state index contributed by atoms with van der Waals surface area (Å²) < 4.78 is 0. The summed E-state index contributed by atoms with van der Waals surface area (Å²) in [5.41, 5.74) is 6.33. The highest BCUT2D eigenvalue weighted by Gasteiger charge is 2.31. The van der Waals surface area contributed by atoms with Crippen molar-refractivity contribution in [1.82, 2.24) is 4.90 Å². The first-order valence-electron chi connectivity index (χ1n) is 7.53. The van der Waals surface area contributed by atoms with Gasteiger partial charge in [0.05, 0.1) is 6.04 Å². The number of thiophene rings is 1. The van der Waals surface area contributed by atoms with Crippen molar-refractivity contribution in [2.24, 2.45) is 5.73 Å². The minimum atomic E-state index is 0.247. The predicted octanol–water partition coefficient (Wildman–Crippen LogP) is 3.92. The second-order valence-electron chi connectivity index (χ2n) is 6.65. The Morgan fingerprint density at radius 3 is 2.68 bits per heavy atom. The lowest BCUT2D eigenvalue weighted by molar-refractivity contribution is 0.183. The van der Waals surface area contributed by atoms with Crippen LogP contribution < -0.4 is 5.73 Å². The fourth-order valence-electron chi connectivity index (χ4n) is 3.06. The molecule has 2 atom stereocenters. The maximum atomic E-state index is 6.08. The Balaban J connectivity index is 2.20. The van der Waals surface area contributed by atoms with E-state index >= 15 is 0 Å². The van der Waals surface area contributed by atoms with Crippen LogP contribution in [0.25, 0.3) is 0 Å². The van der Waals surface area contributed by atoms with Crippen molar-refractivity contribution >= 4 is 11.3 Å². The van der Waals surface area contributed by atoms with Crippen LogP contribution in [0.5, 0.6) is 0 Å². The van der Waals surface area contributed by atoms with Crippen molar-refractivity contribution < 1.29 is 0 Å². The number of nitrogens with two attached hydrogens (primary N) is 1. The summed E-state index contributed by atoms with van der Waals surface area (Å²) in [6.07, 6.45) is 3.91. The summed E-state index contributed by atoms with van der Waals surface area (Å²) in [7, 11) is 0. The Kier molecular flexibility index (Phi) is 4.70. The molecule has 1 saturated heterocycles. The van der Waals surface area contributed by atoms with E-state index in [1.54, 1.807) is 0 Å². The van der Waals surface area contributed by atoms with Crippen LogP contribution in [0, 0.1) is 0 Å². The number of nitrogens with zero attached hydrogens (tertiary/aromatic N) is 1. The zero-order valence-corrected chi connectivity index (χ0v) is 13.6. The van der Waals surface area contributed by atoms with Gasteiger partial charge in [0, 0.05) is 22.3 Å². The van der Waals surface area contributed by atoms with Gasteiger partial charge in [-0.15, -0.1) is 11.3 Å². The van der Waals surface area contributed by atoms with E-state index in [0.29, 0.717) is 6.04 Å². The molecule has 0 bridgehead atoms. The summed E-state index contributed by atoms with van der Waals surface area (Å²) in [4.78, 5) is 5.55. The standard InChI is InChI=1S/C16H28N2S/c1-5-12-7-6-10-18(12)13(11-17)14-8-9-15(19-14)16(2,3)4/h8-9,12-13H,5-7,10-11,17H2,1-4H3. The van der Waals surface area contributed by atoms with Crippen LogP contribution in [0.15, 0.2) is 12.1 Å². The average molecular weight is 280 g/mol. The van der Waals surface area contributed by atoms with Crippen molar-refractivity contribution in [3.05, 3.63) is 21.9 Å².